The van der Waals surface area contributed by atoms with Crippen LogP contribution in [0.3, 0.4) is 0 Å². The van der Waals surface area contributed by atoms with E-state index in [9.17, 15) is 14.7 Å². The van der Waals surface area contributed by atoms with Gasteiger partial charge in [0.2, 0.25) is 5.91 Å². The quantitative estimate of drug-likeness (QED) is 0.536. The fourth-order valence-corrected chi connectivity index (χ4v) is 4.39. The molecule has 176 valence electrons. The lowest BCUT2D eigenvalue weighted by Gasteiger charge is -2.39. The molecule has 0 saturated carbocycles. The Balaban J connectivity index is 1.21. The highest BCUT2D eigenvalue weighted by Crippen LogP contribution is 2.19. The largest absolute Gasteiger partial charge is 0.390 e. The minimum atomic E-state index is -0.639. The number of hydrogen-bond donors (Lipinski definition) is 3. The number of carbonyl (C=O) groups excluding carboxylic acids is 2. The second-order valence-electron chi connectivity index (χ2n) is 8.94. The van der Waals surface area contributed by atoms with Gasteiger partial charge in [-0.05, 0) is 36.1 Å². The van der Waals surface area contributed by atoms with Crippen molar-refractivity contribution in [1.29, 1.82) is 0 Å². The molecule has 4 rings (SSSR count). The Bertz CT molecular complexity index is 976. The van der Waals surface area contributed by atoms with Crippen LogP contribution in [0.15, 0.2) is 42.6 Å². The molecule has 1 saturated heterocycles. The van der Waals surface area contributed by atoms with Gasteiger partial charge in [0.25, 0.3) is 5.91 Å². The second kappa shape index (κ2) is 10.8. The first-order valence-electron chi connectivity index (χ1n) is 11.8. The predicted octanol–water partition coefficient (Wildman–Crippen LogP) is 1.65. The number of aliphatic hydroxyl groups excluding tert-OH is 1. The van der Waals surface area contributed by atoms with Crippen molar-refractivity contribution in [2.45, 2.75) is 44.9 Å². The van der Waals surface area contributed by atoms with E-state index in [1.165, 1.54) is 11.1 Å². The van der Waals surface area contributed by atoms with Gasteiger partial charge in [0.15, 0.2) is 0 Å². The van der Waals surface area contributed by atoms with Crippen LogP contribution >= 0.6 is 0 Å². The Morgan fingerprint density at radius 1 is 1.21 bits per heavy atom. The lowest BCUT2D eigenvalue weighted by atomic mass is 10.00. The maximum atomic E-state index is 12.6. The fourth-order valence-electron chi connectivity index (χ4n) is 4.39. The van der Waals surface area contributed by atoms with E-state index in [0.29, 0.717) is 37.4 Å². The van der Waals surface area contributed by atoms with Crippen molar-refractivity contribution in [3.05, 3.63) is 59.3 Å². The first kappa shape index (κ1) is 23.2. The number of benzene rings is 1. The number of aliphatic hydroxyl groups is 1. The zero-order valence-corrected chi connectivity index (χ0v) is 19.2. The van der Waals surface area contributed by atoms with Crippen molar-refractivity contribution in [3.8, 4) is 0 Å². The number of likely N-dealkylation sites (tertiary alicyclic amines) is 1. The second-order valence-corrected chi connectivity index (χ2v) is 8.94. The van der Waals surface area contributed by atoms with E-state index in [1.54, 1.807) is 18.3 Å². The Hall–Kier alpha value is -2.97. The summed E-state index contributed by atoms with van der Waals surface area (Å²) in [6.07, 6.45) is 3.37. The summed E-state index contributed by atoms with van der Waals surface area (Å²) in [7, 11) is 0. The summed E-state index contributed by atoms with van der Waals surface area (Å²) in [4.78, 5) is 32.8. The molecule has 0 bridgehead atoms. The highest BCUT2D eigenvalue weighted by atomic mass is 16.3. The van der Waals surface area contributed by atoms with Crippen LogP contribution < -0.4 is 10.6 Å². The van der Waals surface area contributed by atoms with Crippen molar-refractivity contribution in [2.75, 3.05) is 38.0 Å². The Morgan fingerprint density at radius 3 is 2.79 bits per heavy atom. The van der Waals surface area contributed by atoms with Gasteiger partial charge >= 0.3 is 0 Å². The molecule has 1 fully saturated rings. The molecule has 0 spiro atoms. The molecule has 2 aromatic rings. The molecule has 0 unspecified atom stereocenters. The van der Waals surface area contributed by atoms with E-state index in [4.69, 9.17) is 0 Å². The number of anilines is 1. The van der Waals surface area contributed by atoms with Gasteiger partial charge in [0.05, 0.1) is 12.1 Å². The number of fused-ring (bicyclic) bond motifs is 1. The lowest BCUT2D eigenvalue weighted by Crippen LogP contribution is -2.57. The van der Waals surface area contributed by atoms with Crippen LogP contribution in [-0.4, -0.2) is 76.6 Å². The smallest absolute Gasteiger partial charge is 0.251 e. The number of pyridine rings is 1. The molecule has 0 radical (unpaired) electrons. The minimum absolute atomic E-state index is 0.146. The number of nitrogens with zero attached hydrogens (tertiary/aromatic N) is 3. The number of aromatic nitrogens is 1. The third-order valence-electron chi connectivity index (χ3n) is 6.25. The van der Waals surface area contributed by atoms with Crippen LogP contribution in [-0.2, 0) is 17.8 Å². The summed E-state index contributed by atoms with van der Waals surface area (Å²) in [5.41, 5.74) is 3.17. The molecule has 2 aliphatic heterocycles. The average molecular weight is 452 g/mol. The normalized spacial score (nSPS) is 17.1. The maximum Gasteiger partial charge on any atom is 0.251 e. The van der Waals surface area contributed by atoms with E-state index < -0.39 is 6.10 Å². The first-order valence-corrected chi connectivity index (χ1v) is 11.8. The summed E-state index contributed by atoms with van der Waals surface area (Å²) in [5.74, 6) is 0.559. The summed E-state index contributed by atoms with van der Waals surface area (Å²) < 4.78 is 0. The van der Waals surface area contributed by atoms with E-state index >= 15 is 0 Å². The van der Waals surface area contributed by atoms with Gasteiger partial charge in [-0.25, -0.2) is 4.98 Å². The molecule has 1 aromatic heterocycles. The third kappa shape index (κ3) is 6.09. The van der Waals surface area contributed by atoms with Crippen LogP contribution in [0.5, 0.6) is 0 Å². The zero-order valence-electron chi connectivity index (χ0n) is 19.2. The molecule has 0 aliphatic carbocycles. The van der Waals surface area contributed by atoms with E-state index in [2.05, 4.69) is 38.7 Å². The summed E-state index contributed by atoms with van der Waals surface area (Å²) in [6.45, 7) is 5.76. The van der Waals surface area contributed by atoms with Crippen LogP contribution in [0.2, 0.25) is 0 Å². The van der Waals surface area contributed by atoms with Crippen LogP contribution in [0.1, 0.15) is 41.3 Å². The summed E-state index contributed by atoms with van der Waals surface area (Å²) in [6, 6.07) is 11.9. The SMILES string of the molecule is CCCC(=O)N1CC(Nc2cc(C(=O)NC[C@H](O)CN3CCc4ccccc4C3)ccn2)C1. The van der Waals surface area contributed by atoms with Gasteiger partial charge in [-0.2, -0.15) is 0 Å². The highest BCUT2D eigenvalue weighted by molar-refractivity contribution is 5.94. The van der Waals surface area contributed by atoms with E-state index in [-0.39, 0.29) is 24.4 Å². The fraction of sp³-hybridized carbons (Fsp3) is 0.480. The minimum Gasteiger partial charge on any atom is -0.390 e. The van der Waals surface area contributed by atoms with E-state index in [0.717, 1.165) is 25.9 Å². The van der Waals surface area contributed by atoms with Gasteiger partial charge < -0.3 is 20.6 Å². The molecule has 8 heteroatoms. The molecule has 2 amide bonds. The van der Waals surface area contributed by atoms with Gasteiger partial charge in [-0.15, -0.1) is 0 Å². The molecule has 1 atom stereocenters. The number of hydrogen-bond acceptors (Lipinski definition) is 6. The molecule has 33 heavy (non-hydrogen) atoms. The van der Waals surface area contributed by atoms with Crippen LogP contribution in [0.4, 0.5) is 5.82 Å². The monoisotopic (exact) mass is 451 g/mol. The molecule has 1 aromatic carbocycles. The van der Waals surface area contributed by atoms with Gasteiger partial charge in [-0.3, -0.25) is 14.5 Å². The van der Waals surface area contributed by atoms with Crippen LogP contribution in [0.25, 0.3) is 0 Å². The number of amides is 2. The Labute approximate surface area is 195 Å². The standard InChI is InChI=1S/C25H33N5O3/c1-2-5-24(32)30-15-21(16-30)28-23-12-19(8-10-26-23)25(33)27-13-22(31)17-29-11-9-18-6-3-4-7-20(18)14-29/h3-4,6-8,10,12,21-22,31H,2,5,9,11,13-17H2,1H3,(H,26,28)(H,27,33)/t22-/m0/s1. The molecular weight excluding hydrogens is 418 g/mol. The predicted molar refractivity (Wildman–Crippen MR) is 127 cm³/mol. The lowest BCUT2D eigenvalue weighted by molar-refractivity contribution is -0.135. The van der Waals surface area contributed by atoms with Gasteiger partial charge in [0, 0.05) is 57.4 Å². The van der Waals surface area contributed by atoms with Crippen molar-refractivity contribution < 1.29 is 14.7 Å². The van der Waals surface area contributed by atoms with Crippen molar-refractivity contribution in [2.24, 2.45) is 0 Å². The third-order valence-corrected chi connectivity index (χ3v) is 6.25. The molecule has 3 heterocycles. The summed E-state index contributed by atoms with van der Waals surface area (Å²) >= 11 is 0. The Kier molecular flexibility index (Phi) is 7.57. The Morgan fingerprint density at radius 2 is 2.00 bits per heavy atom. The number of β-amino-alcohol motifs (C(OH)–C–C–N with tert-alkyl or cyclic N) is 1. The highest BCUT2D eigenvalue weighted by Gasteiger charge is 2.30. The topological polar surface area (TPSA) is 97.8 Å². The number of rotatable bonds is 9. The zero-order chi connectivity index (χ0) is 23.2. The number of carbonyl (C=O) groups is 2. The van der Waals surface area contributed by atoms with Gasteiger partial charge in [-0.1, -0.05) is 31.2 Å². The molecule has 8 nitrogen and oxygen atoms in total. The average Bonchev–Trinajstić information content (AvgIpc) is 2.79. The molecular formula is C25H33N5O3. The van der Waals surface area contributed by atoms with Gasteiger partial charge in [0.1, 0.15) is 5.82 Å². The maximum absolute atomic E-state index is 12.6. The summed E-state index contributed by atoms with van der Waals surface area (Å²) in [5, 5.41) is 16.6. The molecule has 3 N–H and O–H groups in total. The van der Waals surface area contributed by atoms with Crippen LogP contribution in [0, 0.1) is 0 Å². The van der Waals surface area contributed by atoms with Crippen molar-refractivity contribution in [1.82, 2.24) is 20.1 Å². The number of nitrogens with one attached hydrogen (secondary N) is 2. The van der Waals surface area contributed by atoms with E-state index in [1.807, 2.05) is 17.9 Å². The van der Waals surface area contributed by atoms with Crippen molar-refractivity contribution in [3.63, 3.8) is 0 Å². The van der Waals surface area contributed by atoms with Crippen molar-refractivity contribution >= 4 is 17.6 Å². The molecule has 2 aliphatic rings. The first-order chi connectivity index (χ1) is 16.0.